The van der Waals surface area contributed by atoms with E-state index < -0.39 is 13.9 Å². The van der Waals surface area contributed by atoms with Gasteiger partial charge in [-0.15, -0.1) is 0 Å². The van der Waals surface area contributed by atoms with E-state index >= 15 is 0 Å². The predicted octanol–water partition coefficient (Wildman–Crippen LogP) is 9.42. The zero-order valence-electron chi connectivity index (χ0n) is 28.9. The summed E-state index contributed by atoms with van der Waals surface area (Å²) in [4.78, 5) is 10.3. The summed E-state index contributed by atoms with van der Waals surface area (Å²) in [6.45, 7) is 7.66. The Balaban J connectivity index is 4.08. The van der Waals surface area contributed by atoms with Gasteiger partial charge in [-0.2, -0.15) is 0 Å². The van der Waals surface area contributed by atoms with Crippen LogP contribution < -0.4 is 5.32 Å². The number of nitrogens with one attached hydrogen (secondary N) is 1. The fourth-order valence-corrected chi connectivity index (χ4v) is 5.92. The summed E-state index contributed by atoms with van der Waals surface area (Å²) >= 11 is 0. The fraction of sp³-hybridized carbons (Fsp3) is 1.00. The van der Waals surface area contributed by atoms with Crippen LogP contribution in [-0.2, 0) is 18.3 Å². The molecule has 0 aliphatic heterocycles. The van der Waals surface area contributed by atoms with E-state index in [-0.39, 0.29) is 6.61 Å². The van der Waals surface area contributed by atoms with Crippen LogP contribution in [0.15, 0.2) is 0 Å². The van der Waals surface area contributed by atoms with Gasteiger partial charge in [0.1, 0.15) is 19.3 Å². The number of phosphoric ester groups is 1. The van der Waals surface area contributed by atoms with E-state index in [1.807, 2.05) is 21.1 Å². The molecule has 0 aromatic heterocycles. The van der Waals surface area contributed by atoms with E-state index in [9.17, 15) is 9.46 Å². The lowest BCUT2D eigenvalue weighted by Gasteiger charge is -2.25. The Morgan fingerprint density at radius 1 is 0.643 bits per heavy atom. The third-order valence-electron chi connectivity index (χ3n) is 7.82. The van der Waals surface area contributed by atoms with Gasteiger partial charge in [-0.25, -0.2) is 4.57 Å². The predicted molar refractivity (Wildman–Crippen MR) is 180 cm³/mol. The van der Waals surface area contributed by atoms with Gasteiger partial charge in [0.2, 0.25) is 0 Å². The second-order valence-corrected chi connectivity index (χ2v) is 14.8. The molecule has 0 radical (unpaired) electrons. The quantitative estimate of drug-likeness (QED) is 0.0423. The summed E-state index contributed by atoms with van der Waals surface area (Å²) in [5.41, 5.74) is 0. The number of quaternary nitrogens is 1. The molecule has 0 saturated heterocycles. The second kappa shape index (κ2) is 29.7. The molecule has 8 heteroatoms. The van der Waals surface area contributed by atoms with Gasteiger partial charge in [0.15, 0.2) is 0 Å². The molecule has 0 saturated carbocycles. The molecule has 0 rings (SSSR count). The largest absolute Gasteiger partial charge is 0.472 e. The van der Waals surface area contributed by atoms with Crippen LogP contribution in [0.1, 0.15) is 155 Å². The molecule has 2 unspecified atom stereocenters. The molecule has 2 atom stereocenters. The van der Waals surface area contributed by atoms with Crippen molar-refractivity contribution in [1.29, 1.82) is 0 Å². The Morgan fingerprint density at radius 2 is 1.07 bits per heavy atom. The van der Waals surface area contributed by atoms with Gasteiger partial charge < -0.3 is 19.4 Å². The van der Waals surface area contributed by atoms with Crippen molar-refractivity contribution >= 4 is 7.82 Å². The standard InChI is InChI=1S/C34H73N2O5P/c1-6-8-10-12-14-16-17-18-19-20-21-22-24-26-28-35-32-34(41-42(37,38)40-31-29-36(3,4)5)33-39-30-27-25-23-15-13-11-9-7-2/h34-35H,6-33H2,1-5H3/p+1. The molecule has 0 amide bonds. The fourth-order valence-electron chi connectivity index (χ4n) is 5.04. The van der Waals surface area contributed by atoms with Crippen molar-refractivity contribution in [1.82, 2.24) is 5.32 Å². The maximum absolute atomic E-state index is 12.6. The van der Waals surface area contributed by atoms with Gasteiger partial charge in [-0.1, -0.05) is 142 Å². The van der Waals surface area contributed by atoms with E-state index in [1.165, 1.54) is 128 Å². The van der Waals surface area contributed by atoms with Crippen molar-refractivity contribution in [3.05, 3.63) is 0 Å². The highest BCUT2D eigenvalue weighted by molar-refractivity contribution is 7.47. The van der Waals surface area contributed by atoms with Crippen LogP contribution in [0.3, 0.4) is 0 Å². The molecule has 2 N–H and O–H groups in total. The SMILES string of the molecule is CCCCCCCCCCCCCCCCNCC(COCCCCCCCCCC)OP(=O)(O)OCC[N+](C)(C)C. The van der Waals surface area contributed by atoms with Crippen molar-refractivity contribution in [2.75, 3.05) is 60.6 Å². The van der Waals surface area contributed by atoms with E-state index in [4.69, 9.17) is 13.8 Å². The molecule has 7 nitrogen and oxygen atoms in total. The van der Waals surface area contributed by atoms with Gasteiger partial charge in [0.25, 0.3) is 0 Å². The first-order valence-corrected chi connectivity index (χ1v) is 19.4. The zero-order chi connectivity index (χ0) is 31.2. The van der Waals surface area contributed by atoms with Gasteiger partial charge in [-0.05, 0) is 19.4 Å². The van der Waals surface area contributed by atoms with Crippen LogP contribution in [0.25, 0.3) is 0 Å². The number of hydrogen-bond acceptors (Lipinski definition) is 5. The Morgan fingerprint density at radius 3 is 1.52 bits per heavy atom. The Hall–Kier alpha value is -0.0100. The number of likely N-dealkylation sites (N-methyl/N-ethyl adjacent to an activating group) is 1. The highest BCUT2D eigenvalue weighted by Crippen LogP contribution is 2.44. The molecule has 0 aliphatic carbocycles. The first-order chi connectivity index (χ1) is 20.2. The van der Waals surface area contributed by atoms with Crippen LogP contribution in [0, 0.1) is 0 Å². The van der Waals surface area contributed by atoms with E-state index in [2.05, 4.69) is 19.2 Å². The molecule has 0 heterocycles. The highest BCUT2D eigenvalue weighted by Gasteiger charge is 2.27. The van der Waals surface area contributed by atoms with Crippen LogP contribution >= 0.6 is 7.82 Å². The molecule has 0 aromatic carbocycles. The average molecular weight is 622 g/mol. The van der Waals surface area contributed by atoms with E-state index in [0.29, 0.717) is 30.8 Å². The lowest BCUT2D eigenvalue weighted by atomic mass is 10.0. The zero-order valence-corrected chi connectivity index (χ0v) is 29.7. The van der Waals surface area contributed by atoms with Crippen molar-refractivity contribution in [3.63, 3.8) is 0 Å². The smallest absolute Gasteiger partial charge is 0.379 e. The Kier molecular flexibility index (Phi) is 29.7. The molecular formula is C34H74N2O5P+. The summed E-state index contributed by atoms with van der Waals surface area (Å²) in [5, 5.41) is 3.42. The first kappa shape index (κ1) is 42.0. The minimum atomic E-state index is -4.14. The third kappa shape index (κ3) is 32.9. The number of nitrogens with zero attached hydrogens (tertiary/aromatic N) is 1. The normalized spacial score (nSPS) is 14.3. The van der Waals surface area contributed by atoms with E-state index in [1.54, 1.807) is 0 Å². The summed E-state index contributed by atoms with van der Waals surface area (Å²) in [5.74, 6) is 0. The minimum absolute atomic E-state index is 0.176. The maximum atomic E-state index is 12.6. The molecule has 42 heavy (non-hydrogen) atoms. The average Bonchev–Trinajstić information content (AvgIpc) is 2.92. The van der Waals surface area contributed by atoms with Crippen LogP contribution in [0.4, 0.5) is 0 Å². The number of rotatable bonds is 34. The topological polar surface area (TPSA) is 77.0 Å². The van der Waals surface area contributed by atoms with Gasteiger partial charge in [0, 0.05) is 13.2 Å². The van der Waals surface area contributed by atoms with E-state index in [0.717, 1.165) is 19.4 Å². The van der Waals surface area contributed by atoms with Gasteiger partial charge in [0.05, 0.1) is 27.7 Å². The first-order valence-electron chi connectivity index (χ1n) is 17.9. The third-order valence-corrected chi connectivity index (χ3v) is 8.90. The van der Waals surface area contributed by atoms with Crippen molar-refractivity contribution in [2.24, 2.45) is 0 Å². The van der Waals surface area contributed by atoms with Crippen molar-refractivity contribution in [3.8, 4) is 0 Å². The molecular weight excluding hydrogens is 547 g/mol. The van der Waals surface area contributed by atoms with Crippen molar-refractivity contribution in [2.45, 2.75) is 161 Å². The maximum Gasteiger partial charge on any atom is 0.472 e. The number of phosphoric acid groups is 1. The van der Waals surface area contributed by atoms with Gasteiger partial charge in [-0.3, -0.25) is 9.05 Å². The van der Waals surface area contributed by atoms with Crippen LogP contribution in [0.5, 0.6) is 0 Å². The molecule has 0 bridgehead atoms. The van der Waals surface area contributed by atoms with Crippen LogP contribution in [0.2, 0.25) is 0 Å². The molecule has 0 spiro atoms. The summed E-state index contributed by atoms with van der Waals surface area (Å²) in [6, 6.07) is 0. The molecule has 0 fully saturated rings. The Labute approximate surface area is 262 Å². The summed E-state index contributed by atoms with van der Waals surface area (Å²) in [7, 11) is 1.93. The lowest BCUT2D eigenvalue weighted by molar-refractivity contribution is -0.870. The van der Waals surface area contributed by atoms with Crippen LogP contribution in [-0.4, -0.2) is 76.1 Å². The Bertz CT molecular complexity index is 603. The molecule has 254 valence electrons. The van der Waals surface area contributed by atoms with Gasteiger partial charge >= 0.3 is 7.82 Å². The molecule has 0 aromatic rings. The number of hydrogen-bond donors (Lipinski definition) is 2. The summed E-state index contributed by atoms with van der Waals surface area (Å²) < 4.78 is 29.9. The summed E-state index contributed by atoms with van der Waals surface area (Å²) in [6.07, 6.45) is 28.4. The monoisotopic (exact) mass is 622 g/mol. The molecule has 0 aliphatic rings. The van der Waals surface area contributed by atoms with Crippen molar-refractivity contribution < 1.29 is 27.7 Å². The lowest BCUT2D eigenvalue weighted by Crippen LogP contribution is -2.37. The number of unbranched alkanes of at least 4 members (excludes halogenated alkanes) is 20. The highest BCUT2D eigenvalue weighted by atomic mass is 31.2. The minimum Gasteiger partial charge on any atom is -0.379 e. The second-order valence-electron chi connectivity index (χ2n) is 13.4. The number of ether oxygens (including phenoxy) is 1.